The zero-order valence-corrected chi connectivity index (χ0v) is 15.4. The van der Waals surface area contributed by atoms with Crippen molar-refractivity contribution in [2.24, 2.45) is 0 Å². The first-order valence-corrected chi connectivity index (χ1v) is 8.85. The van der Waals surface area contributed by atoms with Crippen LogP contribution in [0, 0.1) is 0 Å². The van der Waals surface area contributed by atoms with Crippen LogP contribution in [0.2, 0.25) is 0 Å². The number of fused-ring (bicyclic) bond motifs is 1. The third-order valence-electron chi connectivity index (χ3n) is 4.72. The molecule has 1 heterocycles. The van der Waals surface area contributed by atoms with E-state index < -0.39 is 0 Å². The fourth-order valence-corrected chi connectivity index (χ4v) is 3.75. The molecule has 0 fully saturated rings. The number of ether oxygens (including phenoxy) is 1. The summed E-state index contributed by atoms with van der Waals surface area (Å²) in [6.07, 6.45) is 0.901. The summed E-state index contributed by atoms with van der Waals surface area (Å²) in [4.78, 5) is 14.9. The van der Waals surface area contributed by atoms with Gasteiger partial charge in [0.15, 0.2) is 0 Å². The number of amides is 2. The first kappa shape index (κ1) is 17.3. The van der Waals surface area contributed by atoms with Gasteiger partial charge in [-0.3, -0.25) is 4.90 Å². The largest absolute Gasteiger partial charge is 0.494 e. The lowest BCUT2D eigenvalue weighted by atomic mass is 9.80. The van der Waals surface area contributed by atoms with Crippen LogP contribution in [-0.4, -0.2) is 18.2 Å². The molecule has 1 N–H and O–H groups in total. The van der Waals surface area contributed by atoms with Crippen molar-refractivity contribution in [3.8, 4) is 5.75 Å². The smallest absolute Gasteiger partial charge is 0.326 e. The molecule has 25 heavy (non-hydrogen) atoms. The zero-order valence-electron chi connectivity index (χ0n) is 15.4. The van der Waals surface area contributed by atoms with E-state index >= 15 is 0 Å². The van der Waals surface area contributed by atoms with Crippen molar-refractivity contribution in [3.63, 3.8) is 0 Å². The number of hydrogen-bond donors (Lipinski definition) is 1. The van der Waals surface area contributed by atoms with Crippen LogP contribution in [0.3, 0.4) is 0 Å². The highest BCUT2D eigenvalue weighted by Crippen LogP contribution is 2.44. The Morgan fingerprint density at radius 1 is 1.24 bits per heavy atom. The summed E-state index contributed by atoms with van der Waals surface area (Å²) in [5, 5.41) is 3.02. The first-order valence-electron chi connectivity index (χ1n) is 8.85. The predicted octanol–water partition coefficient (Wildman–Crippen LogP) is 5.41. The van der Waals surface area contributed by atoms with E-state index in [0.29, 0.717) is 12.5 Å². The van der Waals surface area contributed by atoms with Crippen molar-refractivity contribution in [1.82, 2.24) is 0 Å². The van der Waals surface area contributed by atoms with Crippen molar-refractivity contribution in [2.75, 3.05) is 16.8 Å². The fraction of sp³-hybridized carbons (Fsp3) is 0.381. The highest BCUT2D eigenvalue weighted by molar-refractivity contribution is 6.03. The molecule has 0 aromatic heterocycles. The molecule has 4 nitrogen and oxygen atoms in total. The van der Waals surface area contributed by atoms with Gasteiger partial charge in [0, 0.05) is 16.9 Å². The molecule has 0 bridgehead atoms. The average Bonchev–Trinajstić information content (AvgIpc) is 2.56. The second-order valence-electron chi connectivity index (χ2n) is 7.20. The number of hydrogen-bond acceptors (Lipinski definition) is 2. The molecule has 0 saturated heterocycles. The van der Waals surface area contributed by atoms with Crippen LogP contribution in [0.15, 0.2) is 48.5 Å². The average molecular weight is 338 g/mol. The lowest BCUT2D eigenvalue weighted by molar-refractivity contribution is 0.247. The topological polar surface area (TPSA) is 41.6 Å². The van der Waals surface area contributed by atoms with Crippen molar-refractivity contribution >= 4 is 17.4 Å². The Labute approximate surface area is 149 Å². The van der Waals surface area contributed by atoms with Crippen molar-refractivity contribution in [2.45, 2.75) is 45.6 Å². The van der Waals surface area contributed by atoms with E-state index in [1.54, 1.807) is 0 Å². The van der Waals surface area contributed by atoms with E-state index in [1.807, 2.05) is 54.3 Å². The summed E-state index contributed by atoms with van der Waals surface area (Å²) in [6.45, 7) is 9.06. The Morgan fingerprint density at radius 2 is 1.96 bits per heavy atom. The highest BCUT2D eigenvalue weighted by Gasteiger charge is 2.40. The van der Waals surface area contributed by atoms with Crippen LogP contribution in [0.1, 0.15) is 45.6 Å². The second kappa shape index (κ2) is 6.79. The van der Waals surface area contributed by atoms with E-state index in [0.717, 1.165) is 29.1 Å². The van der Waals surface area contributed by atoms with E-state index in [2.05, 4.69) is 32.2 Å². The van der Waals surface area contributed by atoms with Gasteiger partial charge in [-0.05, 0) is 69.0 Å². The fourth-order valence-electron chi connectivity index (χ4n) is 3.75. The first-order chi connectivity index (χ1) is 11.9. The standard InChI is InChI=1S/C21H26N2O2/c1-5-25-17-11-12-19-18(13-17)15(2)14-21(3,4)23(19)20(24)22-16-9-7-6-8-10-16/h6-13,15H,5,14H2,1-4H3,(H,22,24)/t15-/m1/s1. The van der Waals surface area contributed by atoms with E-state index in [4.69, 9.17) is 4.74 Å². The van der Waals surface area contributed by atoms with Gasteiger partial charge in [-0.1, -0.05) is 25.1 Å². The molecule has 3 rings (SSSR count). The van der Waals surface area contributed by atoms with Gasteiger partial charge >= 0.3 is 6.03 Å². The third-order valence-corrected chi connectivity index (χ3v) is 4.72. The number of nitrogens with one attached hydrogen (secondary N) is 1. The number of nitrogens with zero attached hydrogens (tertiary/aromatic N) is 1. The number of urea groups is 1. The van der Waals surface area contributed by atoms with Crippen molar-refractivity contribution in [3.05, 3.63) is 54.1 Å². The third kappa shape index (κ3) is 3.48. The molecule has 2 aromatic carbocycles. The number of rotatable bonds is 3. The Bertz CT molecular complexity index is 756. The summed E-state index contributed by atoms with van der Waals surface area (Å²) < 4.78 is 5.64. The predicted molar refractivity (Wildman–Crippen MR) is 103 cm³/mol. The molecule has 2 amide bonds. The van der Waals surface area contributed by atoms with Gasteiger partial charge in [0.2, 0.25) is 0 Å². The molecule has 1 atom stereocenters. The molecule has 0 unspecified atom stereocenters. The summed E-state index contributed by atoms with van der Waals surface area (Å²) in [5.41, 5.74) is 2.65. The minimum absolute atomic E-state index is 0.103. The molecule has 2 aromatic rings. The maximum atomic E-state index is 13.0. The summed E-state index contributed by atoms with van der Waals surface area (Å²) >= 11 is 0. The SMILES string of the molecule is CCOc1ccc2c(c1)[C@H](C)CC(C)(C)N2C(=O)Nc1ccccc1. The monoisotopic (exact) mass is 338 g/mol. The molecule has 0 spiro atoms. The maximum absolute atomic E-state index is 13.0. The Morgan fingerprint density at radius 3 is 2.64 bits per heavy atom. The van der Waals surface area contributed by atoms with Gasteiger partial charge in [-0.2, -0.15) is 0 Å². The van der Waals surface area contributed by atoms with Gasteiger partial charge < -0.3 is 10.1 Å². The number of carbonyl (C=O) groups excluding carboxylic acids is 1. The minimum atomic E-state index is -0.265. The van der Waals surface area contributed by atoms with Gasteiger partial charge in [-0.15, -0.1) is 0 Å². The van der Waals surface area contributed by atoms with Crippen molar-refractivity contribution in [1.29, 1.82) is 0 Å². The number of carbonyl (C=O) groups is 1. The maximum Gasteiger partial charge on any atom is 0.326 e. The molecular weight excluding hydrogens is 312 g/mol. The molecule has 132 valence electrons. The minimum Gasteiger partial charge on any atom is -0.494 e. The lowest BCUT2D eigenvalue weighted by Gasteiger charge is -2.45. The molecule has 1 aliphatic rings. The summed E-state index contributed by atoms with van der Waals surface area (Å²) in [5.74, 6) is 1.22. The molecule has 4 heteroatoms. The highest BCUT2D eigenvalue weighted by atomic mass is 16.5. The van der Waals surface area contributed by atoms with Crippen LogP contribution in [0.5, 0.6) is 5.75 Å². The quantitative estimate of drug-likeness (QED) is 0.813. The van der Waals surface area contributed by atoms with Gasteiger partial charge in [-0.25, -0.2) is 4.79 Å². The van der Waals surface area contributed by atoms with Gasteiger partial charge in [0.05, 0.1) is 6.61 Å². The van der Waals surface area contributed by atoms with Crippen LogP contribution in [0.4, 0.5) is 16.2 Å². The van der Waals surface area contributed by atoms with E-state index in [9.17, 15) is 4.79 Å². The number of benzene rings is 2. The molecule has 1 aliphatic heterocycles. The van der Waals surface area contributed by atoms with Crippen LogP contribution < -0.4 is 15.0 Å². The molecule has 0 saturated carbocycles. The molecule has 0 aliphatic carbocycles. The summed E-state index contributed by atoms with van der Waals surface area (Å²) in [6, 6.07) is 15.5. The van der Waals surface area contributed by atoms with Crippen LogP contribution in [0.25, 0.3) is 0 Å². The molecule has 0 radical (unpaired) electrons. The van der Waals surface area contributed by atoms with E-state index in [-0.39, 0.29) is 11.6 Å². The normalized spacial score (nSPS) is 18.4. The van der Waals surface area contributed by atoms with Gasteiger partial charge in [0.25, 0.3) is 0 Å². The lowest BCUT2D eigenvalue weighted by Crippen LogP contribution is -2.53. The van der Waals surface area contributed by atoms with Gasteiger partial charge in [0.1, 0.15) is 5.75 Å². The number of para-hydroxylation sites is 1. The zero-order chi connectivity index (χ0) is 18.0. The van der Waals surface area contributed by atoms with E-state index in [1.165, 1.54) is 0 Å². The van der Waals surface area contributed by atoms with Crippen LogP contribution >= 0.6 is 0 Å². The second-order valence-corrected chi connectivity index (χ2v) is 7.20. The Hall–Kier alpha value is -2.49. The number of anilines is 2. The molecular formula is C21H26N2O2. The Kier molecular flexibility index (Phi) is 4.71. The van der Waals surface area contributed by atoms with Crippen LogP contribution in [-0.2, 0) is 0 Å². The van der Waals surface area contributed by atoms with Crippen molar-refractivity contribution < 1.29 is 9.53 Å². The Balaban J connectivity index is 1.97. The summed E-state index contributed by atoms with van der Waals surface area (Å²) in [7, 11) is 0.